The number of fused-ring (bicyclic) bond motifs is 1. The number of carbonyl (C=O) groups excluding carboxylic acids is 1. The minimum Gasteiger partial charge on any atom is -0.465 e. The van der Waals surface area contributed by atoms with Gasteiger partial charge < -0.3 is 9.72 Å². The van der Waals surface area contributed by atoms with Crippen molar-refractivity contribution < 1.29 is 9.53 Å². The predicted molar refractivity (Wildman–Crippen MR) is 56.9 cm³/mol. The summed E-state index contributed by atoms with van der Waals surface area (Å²) in [6.45, 7) is 0. The molecule has 1 heterocycles. The highest BCUT2D eigenvalue weighted by Crippen LogP contribution is 2.17. The standard InChI is InChI=1S/C10H9NO2.ClH/c1-13-10(12)8-4-2-3-7-5-6-11-9(7)8;/h2-6,11H,1H3;1H. The molecule has 0 unspecified atom stereocenters. The van der Waals surface area contributed by atoms with E-state index in [4.69, 9.17) is 0 Å². The van der Waals surface area contributed by atoms with E-state index in [0.29, 0.717) is 5.56 Å². The number of hydrogen-bond donors (Lipinski definition) is 1. The molecule has 0 bridgehead atoms. The van der Waals surface area contributed by atoms with Gasteiger partial charge in [0.15, 0.2) is 0 Å². The van der Waals surface area contributed by atoms with Gasteiger partial charge in [0.1, 0.15) is 0 Å². The Morgan fingerprint density at radius 2 is 2.14 bits per heavy atom. The number of hydrogen-bond acceptors (Lipinski definition) is 2. The third kappa shape index (κ3) is 1.59. The van der Waals surface area contributed by atoms with E-state index in [1.165, 1.54) is 7.11 Å². The fraction of sp³-hybridized carbons (Fsp3) is 0.100. The van der Waals surface area contributed by atoms with Gasteiger partial charge in [-0.3, -0.25) is 0 Å². The zero-order chi connectivity index (χ0) is 9.26. The Bertz CT molecular complexity index is 450. The molecule has 0 atom stereocenters. The Morgan fingerprint density at radius 3 is 2.86 bits per heavy atom. The number of benzene rings is 1. The molecule has 0 aliphatic carbocycles. The van der Waals surface area contributed by atoms with Crippen LogP contribution in [0.3, 0.4) is 0 Å². The lowest BCUT2D eigenvalue weighted by Crippen LogP contribution is -2.01. The first-order chi connectivity index (χ1) is 6.33. The van der Waals surface area contributed by atoms with Crippen LogP contribution >= 0.6 is 12.4 Å². The molecule has 0 amide bonds. The van der Waals surface area contributed by atoms with E-state index in [9.17, 15) is 4.79 Å². The van der Waals surface area contributed by atoms with Gasteiger partial charge in [-0.15, -0.1) is 12.4 Å². The zero-order valence-electron chi connectivity index (χ0n) is 7.61. The van der Waals surface area contributed by atoms with Crippen molar-refractivity contribution in [2.24, 2.45) is 0 Å². The molecule has 14 heavy (non-hydrogen) atoms. The molecule has 0 saturated carbocycles. The Morgan fingerprint density at radius 1 is 1.36 bits per heavy atom. The summed E-state index contributed by atoms with van der Waals surface area (Å²) in [5.74, 6) is -0.312. The van der Waals surface area contributed by atoms with Gasteiger partial charge in [0.05, 0.1) is 18.2 Å². The van der Waals surface area contributed by atoms with Crippen molar-refractivity contribution in [2.45, 2.75) is 0 Å². The number of ether oxygens (including phenoxy) is 1. The van der Waals surface area contributed by atoms with Crippen molar-refractivity contribution in [3.05, 3.63) is 36.0 Å². The zero-order valence-corrected chi connectivity index (χ0v) is 8.43. The van der Waals surface area contributed by atoms with E-state index in [1.807, 2.05) is 18.2 Å². The first kappa shape index (κ1) is 10.6. The number of esters is 1. The van der Waals surface area contributed by atoms with Crippen LogP contribution in [0.4, 0.5) is 0 Å². The summed E-state index contributed by atoms with van der Waals surface area (Å²) < 4.78 is 4.65. The van der Waals surface area contributed by atoms with Gasteiger partial charge in [0.25, 0.3) is 0 Å². The number of rotatable bonds is 1. The van der Waals surface area contributed by atoms with Crippen molar-refractivity contribution in [3.63, 3.8) is 0 Å². The number of para-hydroxylation sites is 1. The summed E-state index contributed by atoms with van der Waals surface area (Å²) >= 11 is 0. The molecule has 0 radical (unpaired) electrons. The number of halogens is 1. The smallest absolute Gasteiger partial charge is 0.339 e. The van der Waals surface area contributed by atoms with Crippen molar-refractivity contribution in [1.82, 2.24) is 4.98 Å². The largest absolute Gasteiger partial charge is 0.465 e. The summed E-state index contributed by atoms with van der Waals surface area (Å²) in [6.07, 6.45) is 1.80. The van der Waals surface area contributed by atoms with Crippen LogP contribution in [0.25, 0.3) is 10.9 Å². The maximum absolute atomic E-state index is 11.3. The molecule has 0 fully saturated rings. The average molecular weight is 212 g/mol. The summed E-state index contributed by atoms with van der Waals surface area (Å²) in [4.78, 5) is 14.3. The average Bonchev–Trinajstić information content (AvgIpc) is 2.63. The van der Waals surface area contributed by atoms with Gasteiger partial charge >= 0.3 is 5.97 Å². The highest BCUT2D eigenvalue weighted by atomic mass is 35.5. The van der Waals surface area contributed by atoms with Crippen LogP contribution < -0.4 is 0 Å². The van der Waals surface area contributed by atoms with Gasteiger partial charge in [0, 0.05) is 11.6 Å². The summed E-state index contributed by atoms with van der Waals surface area (Å²) in [7, 11) is 1.38. The molecule has 4 heteroatoms. The Kier molecular flexibility index (Phi) is 3.14. The normalized spacial score (nSPS) is 9.50. The maximum atomic E-state index is 11.3. The van der Waals surface area contributed by atoms with E-state index in [2.05, 4.69) is 9.72 Å². The van der Waals surface area contributed by atoms with Crippen molar-refractivity contribution in [2.75, 3.05) is 7.11 Å². The predicted octanol–water partition coefficient (Wildman–Crippen LogP) is 2.38. The van der Waals surface area contributed by atoms with Crippen LogP contribution in [0.2, 0.25) is 0 Å². The lowest BCUT2D eigenvalue weighted by Gasteiger charge is -1.99. The summed E-state index contributed by atoms with van der Waals surface area (Å²) in [5.41, 5.74) is 1.40. The lowest BCUT2D eigenvalue weighted by atomic mass is 10.1. The first-order valence-electron chi connectivity index (χ1n) is 3.97. The fourth-order valence-corrected chi connectivity index (χ4v) is 1.36. The number of H-pyrrole nitrogens is 1. The summed E-state index contributed by atoms with van der Waals surface area (Å²) in [5, 5.41) is 1.02. The fourth-order valence-electron chi connectivity index (χ4n) is 1.36. The van der Waals surface area contributed by atoms with Crippen LogP contribution in [0.1, 0.15) is 10.4 Å². The SMILES string of the molecule is COC(=O)c1cccc2cc[nH]c12.Cl. The minimum absolute atomic E-state index is 0. The molecule has 1 aromatic heterocycles. The lowest BCUT2D eigenvalue weighted by molar-refractivity contribution is 0.0603. The number of aromatic nitrogens is 1. The van der Waals surface area contributed by atoms with Crippen molar-refractivity contribution in [3.8, 4) is 0 Å². The van der Waals surface area contributed by atoms with Crippen LogP contribution in [-0.2, 0) is 4.74 Å². The molecule has 0 spiro atoms. The van der Waals surface area contributed by atoms with Crippen molar-refractivity contribution in [1.29, 1.82) is 0 Å². The minimum atomic E-state index is -0.312. The molecule has 74 valence electrons. The van der Waals surface area contributed by atoms with Crippen LogP contribution in [0, 0.1) is 0 Å². The molecule has 2 aromatic rings. The monoisotopic (exact) mass is 211 g/mol. The Balaban J connectivity index is 0.000000980. The first-order valence-corrected chi connectivity index (χ1v) is 3.97. The van der Waals surface area contributed by atoms with E-state index in [0.717, 1.165) is 10.9 Å². The molecule has 0 aliphatic heterocycles. The van der Waals surface area contributed by atoms with Crippen LogP contribution in [0.15, 0.2) is 30.5 Å². The molecule has 0 aliphatic rings. The van der Waals surface area contributed by atoms with E-state index < -0.39 is 0 Å². The third-order valence-corrected chi connectivity index (χ3v) is 1.99. The molecule has 2 rings (SSSR count). The molecular weight excluding hydrogens is 202 g/mol. The highest BCUT2D eigenvalue weighted by Gasteiger charge is 2.09. The number of carbonyl (C=O) groups is 1. The van der Waals surface area contributed by atoms with E-state index in [-0.39, 0.29) is 18.4 Å². The van der Waals surface area contributed by atoms with Gasteiger partial charge in [-0.25, -0.2) is 4.79 Å². The van der Waals surface area contributed by atoms with E-state index >= 15 is 0 Å². The molecule has 0 saturated heterocycles. The molecule has 1 N–H and O–H groups in total. The quantitative estimate of drug-likeness (QED) is 0.736. The van der Waals surface area contributed by atoms with Crippen LogP contribution in [-0.4, -0.2) is 18.1 Å². The number of methoxy groups -OCH3 is 1. The number of nitrogens with one attached hydrogen (secondary N) is 1. The van der Waals surface area contributed by atoms with Gasteiger partial charge in [-0.05, 0) is 12.1 Å². The second-order valence-corrected chi connectivity index (χ2v) is 2.74. The topological polar surface area (TPSA) is 42.1 Å². The highest BCUT2D eigenvalue weighted by molar-refractivity contribution is 6.02. The maximum Gasteiger partial charge on any atom is 0.339 e. The molecular formula is C10H10ClNO2. The Hall–Kier alpha value is -1.48. The second-order valence-electron chi connectivity index (χ2n) is 2.74. The van der Waals surface area contributed by atoms with Crippen LogP contribution in [0.5, 0.6) is 0 Å². The van der Waals surface area contributed by atoms with E-state index in [1.54, 1.807) is 12.3 Å². The number of aromatic amines is 1. The molecule has 1 aromatic carbocycles. The van der Waals surface area contributed by atoms with Gasteiger partial charge in [-0.1, -0.05) is 12.1 Å². The summed E-state index contributed by atoms with van der Waals surface area (Å²) in [6, 6.07) is 7.44. The molecule has 3 nitrogen and oxygen atoms in total. The Labute approximate surface area is 87.5 Å². The van der Waals surface area contributed by atoms with Gasteiger partial charge in [0.2, 0.25) is 0 Å². The second kappa shape index (κ2) is 4.15. The third-order valence-electron chi connectivity index (χ3n) is 1.99. The van der Waals surface area contributed by atoms with Gasteiger partial charge in [-0.2, -0.15) is 0 Å². The van der Waals surface area contributed by atoms with Crippen molar-refractivity contribution >= 4 is 29.3 Å².